The highest BCUT2D eigenvalue weighted by atomic mass is 79.9. The lowest BCUT2D eigenvalue weighted by Gasteiger charge is -2.40. The largest absolute Gasteiger partial charge is 0.0590 e. The lowest BCUT2D eigenvalue weighted by molar-refractivity contribution is 0.527. The third kappa shape index (κ3) is 5.35. The van der Waals surface area contributed by atoms with E-state index in [2.05, 4.69) is 164 Å². The summed E-state index contributed by atoms with van der Waals surface area (Å²) in [4.78, 5) is 0. The Labute approximate surface area is 251 Å². The van der Waals surface area contributed by atoms with Crippen LogP contribution in [0.1, 0.15) is 130 Å². The zero-order valence-corrected chi connectivity index (χ0v) is 27.6. The summed E-state index contributed by atoms with van der Waals surface area (Å²) in [6.07, 6.45) is 0. The van der Waals surface area contributed by atoms with E-state index in [0.29, 0.717) is 0 Å². The number of benzene rings is 4. The van der Waals surface area contributed by atoms with Crippen LogP contribution in [0.15, 0.2) is 83.3 Å². The molecule has 0 radical (unpaired) electrons. The first kappa shape index (κ1) is 28.9. The quantitative estimate of drug-likeness (QED) is 0.191. The van der Waals surface area contributed by atoms with Crippen LogP contribution in [0.5, 0.6) is 0 Å². The molecule has 40 heavy (non-hydrogen) atoms. The van der Waals surface area contributed by atoms with Crippen molar-refractivity contribution in [1.82, 2.24) is 0 Å². The predicted molar refractivity (Wildman–Crippen MR) is 176 cm³/mol. The number of rotatable bonds is 2. The van der Waals surface area contributed by atoms with E-state index in [0.717, 1.165) is 4.47 Å². The molecule has 0 saturated heterocycles. The Balaban J connectivity index is 1.92. The Bertz CT molecular complexity index is 1530. The van der Waals surface area contributed by atoms with Gasteiger partial charge in [0.2, 0.25) is 0 Å². The average molecular weight is 594 g/mol. The van der Waals surface area contributed by atoms with Gasteiger partial charge in [-0.1, -0.05) is 151 Å². The molecule has 0 aliphatic heterocycles. The zero-order valence-electron chi connectivity index (χ0n) is 26.0. The molecule has 0 saturated carbocycles. The maximum atomic E-state index is 3.69. The van der Waals surface area contributed by atoms with Crippen LogP contribution in [0.2, 0.25) is 0 Å². The fraction of sp³-hybridized carbons (Fsp3) is 0.385. The summed E-state index contributed by atoms with van der Waals surface area (Å²) in [6, 6.07) is 30.7. The highest BCUT2D eigenvalue weighted by Crippen LogP contribution is 2.52. The molecule has 0 heterocycles. The molecule has 1 heteroatoms. The molecule has 4 aromatic carbocycles. The van der Waals surface area contributed by atoms with Crippen molar-refractivity contribution in [2.75, 3.05) is 0 Å². The Hall–Kier alpha value is -2.64. The predicted octanol–water partition coefficient (Wildman–Crippen LogP) is 11.3. The van der Waals surface area contributed by atoms with Crippen LogP contribution in [-0.4, -0.2) is 0 Å². The first-order chi connectivity index (χ1) is 18.6. The van der Waals surface area contributed by atoms with Gasteiger partial charge in [-0.2, -0.15) is 0 Å². The molecular formula is C39H45Br. The lowest BCUT2D eigenvalue weighted by Crippen LogP contribution is -2.27. The third-order valence-electron chi connectivity index (χ3n) is 8.65. The van der Waals surface area contributed by atoms with Gasteiger partial charge in [-0.05, 0) is 85.4 Å². The van der Waals surface area contributed by atoms with Crippen LogP contribution in [0.25, 0.3) is 0 Å². The van der Waals surface area contributed by atoms with Crippen molar-refractivity contribution < 1.29 is 0 Å². The maximum Gasteiger partial charge on any atom is 0.0346 e. The van der Waals surface area contributed by atoms with E-state index in [4.69, 9.17) is 0 Å². The molecule has 0 spiro atoms. The van der Waals surface area contributed by atoms with Gasteiger partial charge in [0, 0.05) is 16.3 Å². The summed E-state index contributed by atoms with van der Waals surface area (Å²) in [6.45, 7) is 23.3. The summed E-state index contributed by atoms with van der Waals surface area (Å²) < 4.78 is 1.12. The normalized spacial score (nSPS) is 17.4. The van der Waals surface area contributed by atoms with Gasteiger partial charge in [-0.3, -0.25) is 0 Å². The molecule has 2 unspecified atom stereocenters. The summed E-state index contributed by atoms with van der Waals surface area (Å²) in [5.41, 5.74) is 14.2. The van der Waals surface area contributed by atoms with Crippen molar-refractivity contribution in [3.63, 3.8) is 0 Å². The Morgan fingerprint density at radius 1 is 0.475 bits per heavy atom. The minimum absolute atomic E-state index is 0.0365. The monoisotopic (exact) mass is 592 g/mol. The maximum absolute atomic E-state index is 3.69. The van der Waals surface area contributed by atoms with Gasteiger partial charge in [0.05, 0.1) is 0 Å². The lowest BCUT2D eigenvalue weighted by atomic mass is 9.64. The van der Waals surface area contributed by atoms with Gasteiger partial charge < -0.3 is 0 Å². The average Bonchev–Trinajstić information content (AvgIpc) is 2.86. The fourth-order valence-electron chi connectivity index (χ4n) is 6.40. The molecule has 0 bridgehead atoms. The second-order valence-electron chi connectivity index (χ2n) is 14.9. The van der Waals surface area contributed by atoms with Gasteiger partial charge in [-0.15, -0.1) is 0 Å². The number of halogens is 1. The molecule has 4 aromatic rings. The second-order valence-corrected chi connectivity index (χ2v) is 15.9. The summed E-state index contributed by atoms with van der Waals surface area (Å²) in [7, 11) is 0. The van der Waals surface area contributed by atoms with Crippen molar-refractivity contribution in [1.29, 1.82) is 0 Å². The van der Waals surface area contributed by atoms with E-state index in [-0.39, 0.29) is 28.1 Å². The van der Waals surface area contributed by atoms with Crippen molar-refractivity contribution in [2.24, 2.45) is 0 Å². The first-order valence-electron chi connectivity index (χ1n) is 14.7. The van der Waals surface area contributed by atoms with Gasteiger partial charge in [0.25, 0.3) is 0 Å². The summed E-state index contributed by atoms with van der Waals surface area (Å²) in [5.74, 6) is 0.374. The SMILES string of the molecule is Cc1ccc(C2c3ccc(C(C)(C)C)cc3C(c3ccc(Br)cc3)c3cc(C(C)(C)C)c(C(C)(C)C)cc32)cc1. The number of hydrogen-bond acceptors (Lipinski definition) is 0. The van der Waals surface area contributed by atoms with Gasteiger partial charge in [0.15, 0.2) is 0 Å². The van der Waals surface area contributed by atoms with E-state index in [1.54, 1.807) is 0 Å². The van der Waals surface area contributed by atoms with Crippen LogP contribution in [-0.2, 0) is 16.2 Å². The van der Waals surface area contributed by atoms with Crippen molar-refractivity contribution in [3.8, 4) is 0 Å². The molecule has 2 atom stereocenters. The topological polar surface area (TPSA) is 0 Å². The second kappa shape index (κ2) is 10.0. The number of aryl methyl sites for hydroxylation is 1. The van der Waals surface area contributed by atoms with Crippen LogP contribution in [0, 0.1) is 6.92 Å². The van der Waals surface area contributed by atoms with Crippen LogP contribution < -0.4 is 0 Å². The fourth-order valence-corrected chi connectivity index (χ4v) is 6.66. The first-order valence-corrected chi connectivity index (χ1v) is 15.5. The van der Waals surface area contributed by atoms with E-state index >= 15 is 0 Å². The van der Waals surface area contributed by atoms with Crippen LogP contribution in [0.3, 0.4) is 0 Å². The van der Waals surface area contributed by atoms with Crippen LogP contribution >= 0.6 is 15.9 Å². The molecule has 0 N–H and O–H groups in total. The number of fused-ring (bicyclic) bond motifs is 2. The molecule has 0 aromatic heterocycles. The van der Waals surface area contributed by atoms with Gasteiger partial charge in [-0.25, -0.2) is 0 Å². The highest BCUT2D eigenvalue weighted by molar-refractivity contribution is 9.10. The Kier molecular flexibility index (Phi) is 7.23. The van der Waals surface area contributed by atoms with E-state index in [1.807, 2.05) is 0 Å². The van der Waals surface area contributed by atoms with Crippen LogP contribution in [0.4, 0.5) is 0 Å². The highest BCUT2D eigenvalue weighted by Gasteiger charge is 2.38. The molecule has 208 valence electrons. The standard InChI is InChI=1S/C39H45Br/c1-24-11-13-25(14-12-24)35-29-20-17-27(37(2,3)4)21-30(29)36(26-15-18-28(40)19-16-26)32-23-34(39(8,9)10)33(22-31(32)35)38(5,6)7/h11-23,35-36H,1-10H3. The Morgan fingerprint density at radius 2 is 0.900 bits per heavy atom. The molecule has 1 aliphatic carbocycles. The van der Waals surface area contributed by atoms with Gasteiger partial charge >= 0.3 is 0 Å². The minimum Gasteiger partial charge on any atom is -0.0590 e. The van der Waals surface area contributed by atoms with Crippen molar-refractivity contribution in [2.45, 2.75) is 97.3 Å². The van der Waals surface area contributed by atoms with Gasteiger partial charge in [0.1, 0.15) is 0 Å². The van der Waals surface area contributed by atoms with Crippen molar-refractivity contribution >= 4 is 15.9 Å². The van der Waals surface area contributed by atoms with E-state index < -0.39 is 0 Å². The number of hydrogen-bond donors (Lipinski definition) is 0. The third-order valence-corrected chi connectivity index (χ3v) is 9.18. The molecule has 5 rings (SSSR count). The molecular weight excluding hydrogens is 548 g/mol. The molecule has 1 aliphatic rings. The smallest absolute Gasteiger partial charge is 0.0346 e. The minimum atomic E-state index is 0.0365. The molecule has 0 nitrogen and oxygen atoms in total. The molecule has 0 amide bonds. The summed E-state index contributed by atoms with van der Waals surface area (Å²) in [5, 5.41) is 0. The van der Waals surface area contributed by atoms with E-state index in [1.165, 1.54) is 55.6 Å². The van der Waals surface area contributed by atoms with E-state index in [9.17, 15) is 0 Å². The summed E-state index contributed by atoms with van der Waals surface area (Å²) >= 11 is 3.69. The van der Waals surface area contributed by atoms with Crippen molar-refractivity contribution in [3.05, 3.63) is 139 Å². The Morgan fingerprint density at radius 3 is 1.35 bits per heavy atom. The zero-order chi connectivity index (χ0) is 29.2. The molecule has 0 fully saturated rings.